The van der Waals surface area contributed by atoms with Gasteiger partial charge in [-0.15, -0.1) is 10.3 Å². The zero-order valence-electron chi connectivity index (χ0n) is 6.75. The van der Waals surface area contributed by atoms with Gasteiger partial charge in [0, 0.05) is 12.1 Å². The van der Waals surface area contributed by atoms with Crippen LogP contribution in [0.4, 0.5) is 0 Å². The van der Waals surface area contributed by atoms with Crippen molar-refractivity contribution < 1.29 is 5.21 Å². The highest BCUT2D eigenvalue weighted by Crippen LogP contribution is 2.34. The predicted octanol–water partition coefficient (Wildman–Crippen LogP) is 1.91. The van der Waals surface area contributed by atoms with Crippen LogP contribution in [0.1, 0.15) is 32.1 Å². The van der Waals surface area contributed by atoms with E-state index in [1.54, 1.807) is 0 Å². The first-order chi connectivity index (χ1) is 5.27. The average molecular weight is 152 g/mol. The Morgan fingerprint density at radius 1 is 1.27 bits per heavy atom. The topological polar surface area (TPSA) is 23.1 Å². The molecule has 0 amide bonds. The van der Waals surface area contributed by atoms with Gasteiger partial charge >= 0.3 is 0 Å². The van der Waals surface area contributed by atoms with Crippen molar-refractivity contribution in [2.45, 2.75) is 44.2 Å². The summed E-state index contributed by atoms with van der Waals surface area (Å²) >= 11 is 0. The van der Waals surface area contributed by atoms with Gasteiger partial charge in [-0.3, -0.25) is 0 Å². The maximum Gasteiger partial charge on any atom is 0.0423 e. The molecule has 0 aromatic rings. The first-order valence-electron chi connectivity index (χ1n) is 4.39. The molecule has 11 heavy (non-hydrogen) atoms. The van der Waals surface area contributed by atoms with Crippen LogP contribution in [-0.4, -0.2) is 17.1 Å². The second kappa shape index (κ2) is 2.61. The molecule has 1 radical (unpaired) electrons. The Morgan fingerprint density at radius 2 is 1.82 bits per heavy atom. The molecule has 2 nitrogen and oxygen atoms in total. The summed E-state index contributed by atoms with van der Waals surface area (Å²) in [7, 11) is 0. The summed E-state index contributed by atoms with van der Waals surface area (Å²) in [4.78, 5) is 0. The summed E-state index contributed by atoms with van der Waals surface area (Å²) < 4.78 is 0. The third kappa shape index (κ3) is 1.21. The van der Waals surface area contributed by atoms with Gasteiger partial charge in [0.2, 0.25) is 0 Å². The number of piperidine rings is 2. The van der Waals surface area contributed by atoms with E-state index < -0.39 is 0 Å². The van der Waals surface area contributed by atoms with Gasteiger partial charge in [-0.05, 0) is 25.7 Å². The predicted molar refractivity (Wildman–Crippen MR) is 42.3 cm³/mol. The van der Waals surface area contributed by atoms with Crippen molar-refractivity contribution in [1.82, 2.24) is 5.06 Å². The molecular formula is C9H14NO. The summed E-state index contributed by atoms with van der Waals surface area (Å²) in [6.45, 7) is 3.97. The molecule has 0 aromatic heterocycles. The van der Waals surface area contributed by atoms with Crippen molar-refractivity contribution in [3.63, 3.8) is 0 Å². The molecular weight excluding hydrogens is 138 g/mol. The standard InChI is InChI=1S/C9H14NO/c1-7-5-8-3-2-4-9(6-7)10(8)11/h8-9H,1-6H2. The zero-order valence-corrected chi connectivity index (χ0v) is 6.75. The van der Waals surface area contributed by atoms with Gasteiger partial charge in [-0.2, -0.15) is 0 Å². The highest BCUT2D eigenvalue weighted by atomic mass is 16.5. The first kappa shape index (κ1) is 7.32. The number of hydrogen-bond acceptors (Lipinski definition) is 1. The Bertz CT molecular complexity index is 162. The van der Waals surface area contributed by atoms with Crippen LogP contribution in [0.2, 0.25) is 0 Å². The van der Waals surface area contributed by atoms with E-state index >= 15 is 0 Å². The molecule has 0 aliphatic carbocycles. The largest absolute Gasteiger partial charge is 0.148 e. The minimum atomic E-state index is 0.273. The smallest absolute Gasteiger partial charge is 0.0423 e. The Labute approximate surface area is 67.5 Å². The molecule has 2 saturated heterocycles. The number of rotatable bonds is 0. The van der Waals surface area contributed by atoms with E-state index in [1.165, 1.54) is 17.1 Å². The Kier molecular flexibility index (Phi) is 1.74. The van der Waals surface area contributed by atoms with Gasteiger partial charge in [0.1, 0.15) is 0 Å². The average Bonchev–Trinajstić information content (AvgIpc) is 1.92. The molecule has 2 rings (SSSR count). The molecule has 2 heteroatoms. The van der Waals surface area contributed by atoms with E-state index in [2.05, 4.69) is 6.58 Å². The Hall–Kier alpha value is -0.340. The van der Waals surface area contributed by atoms with Crippen molar-refractivity contribution in [1.29, 1.82) is 0 Å². The number of fused-ring (bicyclic) bond motifs is 2. The highest BCUT2D eigenvalue weighted by Gasteiger charge is 2.35. The van der Waals surface area contributed by atoms with Crippen molar-refractivity contribution >= 4 is 0 Å². The lowest BCUT2D eigenvalue weighted by atomic mass is 9.84. The molecule has 2 aliphatic heterocycles. The van der Waals surface area contributed by atoms with Crippen molar-refractivity contribution in [3.8, 4) is 0 Å². The minimum absolute atomic E-state index is 0.273. The fourth-order valence-electron chi connectivity index (χ4n) is 2.28. The van der Waals surface area contributed by atoms with Crippen LogP contribution < -0.4 is 0 Å². The van der Waals surface area contributed by atoms with Crippen LogP contribution in [0.5, 0.6) is 0 Å². The van der Waals surface area contributed by atoms with E-state index in [-0.39, 0.29) is 12.1 Å². The number of nitrogens with zero attached hydrogens (tertiary/aromatic N) is 1. The third-order valence-electron chi connectivity index (χ3n) is 2.84. The fraction of sp³-hybridized carbons (Fsp3) is 0.778. The SMILES string of the molecule is C=C1CC2CCCC(C1)N2[O]. The van der Waals surface area contributed by atoms with Crippen molar-refractivity contribution in [2.24, 2.45) is 0 Å². The molecule has 0 saturated carbocycles. The summed E-state index contributed by atoms with van der Waals surface area (Å²) in [6.07, 6.45) is 5.29. The van der Waals surface area contributed by atoms with Crippen LogP contribution >= 0.6 is 0 Å². The molecule has 2 atom stereocenters. The molecule has 2 heterocycles. The molecule has 0 aromatic carbocycles. The first-order valence-corrected chi connectivity index (χ1v) is 4.39. The van der Waals surface area contributed by atoms with Gasteiger partial charge in [0.05, 0.1) is 0 Å². The van der Waals surface area contributed by atoms with Crippen LogP contribution in [-0.2, 0) is 5.21 Å². The van der Waals surface area contributed by atoms with Gasteiger partial charge < -0.3 is 0 Å². The lowest BCUT2D eigenvalue weighted by Gasteiger charge is -2.40. The summed E-state index contributed by atoms with van der Waals surface area (Å²) in [5, 5.41) is 12.7. The van der Waals surface area contributed by atoms with Crippen LogP contribution in [0.15, 0.2) is 12.2 Å². The Morgan fingerprint density at radius 3 is 2.36 bits per heavy atom. The van der Waals surface area contributed by atoms with E-state index in [4.69, 9.17) is 0 Å². The summed E-state index contributed by atoms with van der Waals surface area (Å²) in [5.74, 6) is 0. The van der Waals surface area contributed by atoms with Crippen molar-refractivity contribution in [3.05, 3.63) is 12.2 Å². The van der Waals surface area contributed by atoms with Gasteiger partial charge in [-0.1, -0.05) is 18.6 Å². The zero-order chi connectivity index (χ0) is 7.84. The normalized spacial score (nSPS) is 39.2. The quantitative estimate of drug-likeness (QED) is 0.486. The lowest BCUT2D eigenvalue weighted by molar-refractivity contribution is -0.236. The molecule has 0 N–H and O–H groups in total. The molecule has 61 valence electrons. The van der Waals surface area contributed by atoms with Crippen LogP contribution in [0, 0.1) is 0 Å². The van der Waals surface area contributed by atoms with Crippen LogP contribution in [0.25, 0.3) is 0 Å². The number of hydroxylamine groups is 2. The second-order valence-corrected chi connectivity index (χ2v) is 3.76. The second-order valence-electron chi connectivity index (χ2n) is 3.76. The summed E-state index contributed by atoms with van der Waals surface area (Å²) in [6, 6.07) is 0.546. The van der Waals surface area contributed by atoms with E-state index in [0.717, 1.165) is 25.7 Å². The van der Waals surface area contributed by atoms with Crippen LogP contribution in [0.3, 0.4) is 0 Å². The van der Waals surface area contributed by atoms with Gasteiger partial charge in [-0.25, -0.2) is 0 Å². The monoisotopic (exact) mass is 152 g/mol. The minimum Gasteiger partial charge on any atom is -0.148 e. The van der Waals surface area contributed by atoms with E-state index in [0.29, 0.717) is 0 Å². The highest BCUT2D eigenvalue weighted by molar-refractivity contribution is 5.06. The molecule has 2 aliphatic rings. The fourth-order valence-corrected chi connectivity index (χ4v) is 2.28. The maximum absolute atomic E-state index is 11.4. The Balaban J connectivity index is 2.12. The molecule has 2 bridgehead atoms. The van der Waals surface area contributed by atoms with Gasteiger partial charge in [0.15, 0.2) is 0 Å². The summed E-state index contributed by atoms with van der Waals surface area (Å²) in [5.41, 5.74) is 1.28. The molecule has 2 unspecified atom stereocenters. The number of hydrogen-bond donors (Lipinski definition) is 0. The van der Waals surface area contributed by atoms with Gasteiger partial charge in [0.25, 0.3) is 0 Å². The molecule has 2 fully saturated rings. The van der Waals surface area contributed by atoms with E-state index in [9.17, 15) is 5.21 Å². The third-order valence-corrected chi connectivity index (χ3v) is 2.84. The molecule has 0 spiro atoms. The maximum atomic E-state index is 11.4. The lowest BCUT2D eigenvalue weighted by Crippen LogP contribution is -2.47. The van der Waals surface area contributed by atoms with Crippen molar-refractivity contribution in [2.75, 3.05) is 0 Å². The van der Waals surface area contributed by atoms with E-state index in [1.807, 2.05) is 0 Å².